The Morgan fingerprint density at radius 2 is 1.54 bits per heavy atom. The second-order valence-electron chi connectivity index (χ2n) is 5.51. The monoisotopic (exact) mass is 182 g/mol. The summed E-state index contributed by atoms with van der Waals surface area (Å²) in [6.45, 7) is 10.5. The second kappa shape index (κ2) is 2.02. The van der Waals surface area contributed by atoms with Crippen LogP contribution in [0.1, 0.15) is 47.5 Å². The molecule has 0 nitrogen and oxygen atoms in total. The molecule has 2 unspecified atom stereocenters. The first-order chi connectivity index (χ1) is 5.77. The van der Waals surface area contributed by atoms with Crippen molar-refractivity contribution in [3.8, 4) is 0 Å². The van der Waals surface area contributed by atoms with Crippen molar-refractivity contribution >= 4 is 0 Å². The Hall–Kier alpha value is -0.330. The summed E-state index contributed by atoms with van der Waals surface area (Å²) in [7, 11) is 0. The van der Waals surface area contributed by atoms with Crippen LogP contribution in [0.2, 0.25) is 0 Å². The van der Waals surface area contributed by atoms with Gasteiger partial charge in [-0.1, -0.05) is 26.3 Å². The maximum absolute atomic E-state index is 14.7. The van der Waals surface area contributed by atoms with Crippen LogP contribution in [-0.2, 0) is 0 Å². The van der Waals surface area contributed by atoms with Crippen molar-refractivity contribution in [1.29, 1.82) is 0 Å². The predicted octanol–water partition coefficient (Wildman–Crippen LogP) is 3.87. The number of fused-ring (bicyclic) bond motifs is 2. The third kappa shape index (κ3) is 0.660. The molecule has 0 radical (unpaired) electrons. The molecule has 0 N–H and O–H groups in total. The van der Waals surface area contributed by atoms with E-state index in [0.29, 0.717) is 0 Å². The maximum atomic E-state index is 14.7. The highest BCUT2D eigenvalue weighted by atomic mass is 19.1. The van der Waals surface area contributed by atoms with Crippen LogP contribution in [0.5, 0.6) is 0 Å². The first-order valence-corrected chi connectivity index (χ1v) is 5.15. The molecule has 0 aliphatic heterocycles. The predicted molar refractivity (Wildman–Crippen MR) is 53.3 cm³/mol. The first kappa shape index (κ1) is 9.23. The zero-order valence-electron chi connectivity index (χ0n) is 9.29. The van der Waals surface area contributed by atoms with Crippen LogP contribution < -0.4 is 0 Å². The van der Waals surface area contributed by atoms with Gasteiger partial charge in [0.15, 0.2) is 0 Å². The fraction of sp³-hybridized carbons (Fsp3) is 0.833. The summed E-state index contributed by atoms with van der Waals surface area (Å²) >= 11 is 0. The molecule has 0 saturated heterocycles. The molecular weight excluding hydrogens is 163 g/mol. The Bertz CT molecular complexity index is 272. The fourth-order valence-corrected chi connectivity index (χ4v) is 3.51. The standard InChI is InChI=1S/C12H19F/c1-8-9(2)12(13)7-6-11(8,5)10(12,3)4/h6-7H2,1-5H3. The summed E-state index contributed by atoms with van der Waals surface area (Å²) < 4.78 is 14.7. The molecule has 2 rings (SSSR count). The lowest BCUT2D eigenvalue weighted by molar-refractivity contribution is 0.0530. The van der Waals surface area contributed by atoms with Gasteiger partial charge in [0.25, 0.3) is 0 Å². The lowest BCUT2D eigenvalue weighted by Gasteiger charge is -2.38. The van der Waals surface area contributed by atoms with Gasteiger partial charge in [0, 0.05) is 5.41 Å². The van der Waals surface area contributed by atoms with E-state index >= 15 is 0 Å². The molecule has 2 aliphatic carbocycles. The van der Waals surface area contributed by atoms with Crippen LogP contribution in [0, 0.1) is 10.8 Å². The number of rotatable bonds is 0. The van der Waals surface area contributed by atoms with Crippen LogP contribution in [0.4, 0.5) is 4.39 Å². The third-order valence-electron chi connectivity index (χ3n) is 5.32. The Morgan fingerprint density at radius 3 is 1.77 bits per heavy atom. The third-order valence-corrected chi connectivity index (χ3v) is 5.32. The molecule has 0 aromatic heterocycles. The van der Waals surface area contributed by atoms with Crippen molar-refractivity contribution in [2.75, 3.05) is 0 Å². The second-order valence-corrected chi connectivity index (χ2v) is 5.51. The van der Waals surface area contributed by atoms with Crippen LogP contribution in [0.25, 0.3) is 0 Å². The van der Waals surface area contributed by atoms with Crippen LogP contribution in [0.3, 0.4) is 0 Å². The summed E-state index contributed by atoms with van der Waals surface area (Å²) in [5, 5.41) is 0. The molecule has 1 fully saturated rings. The molecule has 0 heterocycles. The number of hydrogen-bond acceptors (Lipinski definition) is 0. The van der Waals surface area contributed by atoms with Gasteiger partial charge in [0.1, 0.15) is 5.67 Å². The summed E-state index contributed by atoms with van der Waals surface area (Å²) in [5.41, 5.74) is 1.18. The zero-order valence-corrected chi connectivity index (χ0v) is 9.29. The Morgan fingerprint density at radius 1 is 1.00 bits per heavy atom. The van der Waals surface area contributed by atoms with Crippen LogP contribution in [0.15, 0.2) is 11.1 Å². The molecule has 0 spiro atoms. The first-order valence-electron chi connectivity index (χ1n) is 5.15. The van der Waals surface area contributed by atoms with Gasteiger partial charge in [-0.25, -0.2) is 4.39 Å². The van der Waals surface area contributed by atoms with Crippen molar-refractivity contribution in [3.05, 3.63) is 11.1 Å². The van der Waals surface area contributed by atoms with Gasteiger partial charge in [-0.3, -0.25) is 0 Å². The largest absolute Gasteiger partial charge is 0.238 e. The maximum Gasteiger partial charge on any atom is 0.137 e. The Labute approximate surface area is 80.2 Å². The minimum absolute atomic E-state index is 0.103. The highest BCUT2D eigenvalue weighted by Crippen LogP contribution is 2.70. The van der Waals surface area contributed by atoms with Crippen molar-refractivity contribution in [3.63, 3.8) is 0 Å². The highest BCUT2D eigenvalue weighted by Gasteiger charge is 2.67. The van der Waals surface area contributed by atoms with Crippen molar-refractivity contribution in [2.45, 2.75) is 53.1 Å². The highest BCUT2D eigenvalue weighted by molar-refractivity contribution is 5.43. The van der Waals surface area contributed by atoms with Crippen LogP contribution in [-0.4, -0.2) is 5.67 Å². The van der Waals surface area contributed by atoms with Gasteiger partial charge in [-0.2, -0.15) is 0 Å². The number of allylic oxidation sites excluding steroid dienone is 2. The van der Waals surface area contributed by atoms with Gasteiger partial charge >= 0.3 is 0 Å². The molecule has 13 heavy (non-hydrogen) atoms. The molecule has 0 aromatic rings. The lowest BCUT2D eigenvalue weighted by atomic mass is 9.67. The van der Waals surface area contributed by atoms with E-state index in [-0.39, 0.29) is 10.8 Å². The SMILES string of the molecule is CC1=C(C)C2(F)CCC1(C)C2(C)C. The van der Waals surface area contributed by atoms with Crippen LogP contribution >= 0.6 is 0 Å². The molecule has 2 atom stereocenters. The number of halogens is 1. The molecule has 1 heteroatoms. The minimum atomic E-state index is -1.02. The Balaban J connectivity index is 2.67. The zero-order chi connectivity index (χ0) is 10.1. The average molecular weight is 182 g/mol. The van der Waals surface area contributed by atoms with Gasteiger partial charge in [0.05, 0.1) is 0 Å². The molecular formula is C12H19F. The van der Waals surface area contributed by atoms with E-state index in [1.54, 1.807) is 0 Å². The van der Waals surface area contributed by atoms with Crippen molar-refractivity contribution in [1.82, 2.24) is 0 Å². The van der Waals surface area contributed by atoms with E-state index in [0.717, 1.165) is 18.4 Å². The minimum Gasteiger partial charge on any atom is -0.238 e. The molecule has 1 saturated carbocycles. The quantitative estimate of drug-likeness (QED) is 0.499. The van der Waals surface area contributed by atoms with Gasteiger partial charge in [0.2, 0.25) is 0 Å². The summed E-state index contributed by atoms with van der Waals surface area (Å²) in [6, 6.07) is 0. The van der Waals surface area contributed by atoms with E-state index < -0.39 is 5.67 Å². The lowest BCUT2D eigenvalue weighted by Crippen LogP contribution is -2.38. The number of hydrogen-bond donors (Lipinski definition) is 0. The molecule has 0 amide bonds. The number of alkyl halides is 1. The van der Waals surface area contributed by atoms with Crippen molar-refractivity contribution in [2.24, 2.45) is 10.8 Å². The average Bonchev–Trinajstić information content (AvgIpc) is 2.28. The Kier molecular flexibility index (Phi) is 1.43. The van der Waals surface area contributed by atoms with Crippen molar-refractivity contribution < 1.29 is 4.39 Å². The fourth-order valence-electron chi connectivity index (χ4n) is 3.51. The van der Waals surface area contributed by atoms with Gasteiger partial charge < -0.3 is 0 Å². The molecule has 0 aromatic carbocycles. The molecule has 74 valence electrons. The van der Waals surface area contributed by atoms with Gasteiger partial charge in [-0.05, 0) is 37.7 Å². The summed E-state index contributed by atoms with van der Waals surface area (Å²) in [5.74, 6) is 0. The van der Waals surface area contributed by atoms with E-state index in [9.17, 15) is 4.39 Å². The van der Waals surface area contributed by atoms with E-state index in [4.69, 9.17) is 0 Å². The summed E-state index contributed by atoms with van der Waals surface area (Å²) in [6.07, 6.45) is 1.74. The normalized spacial score (nSPS) is 47.5. The summed E-state index contributed by atoms with van der Waals surface area (Å²) in [4.78, 5) is 0. The molecule has 2 bridgehead atoms. The van der Waals surface area contributed by atoms with E-state index in [1.165, 1.54) is 5.57 Å². The topological polar surface area (TPSA) is 0 Å². The van der Waals surface area contributed by atoms with Gasteiger partial charge in [-0.15, -0.1) is 0 Å². The van der Waals surface area contributed by atoms with E-state index in [1.807, 2.05) is 6.92 Å². The van der Waals surface area contributed by atoms with E-state index in [2.05, 4.69) is 27.7 Å². The smallest absolute Gasteiger partial charge is 0.137 e. The molecule has 2 aliphatic rings.